The zero-order valence-electron chi connectivity index (χ0n) is 24.9. The third kappa shape index (κ3) is 7.41. The Labute approximate surface area is 270 Å². The molecule has 2 saturated heterocycles. The molecular weight excluding hydrogens is 592 g/mol. The highest BCUT2D eigenvalue weighted by molar-refractivity contribution is 6.33. The van der Waals surface area contributed by atoms with Gasteiger partial charge in [0.25, 0.3) is 0 Å². The lowest BCUT2D eigenvalue weighted by Gasteiger charge is -2.55. The Morgan fingerprint density at radius 1 is 1.04 bits per heavy atom. The highest BCUT2D eigenvalue weighted by atomic mass is 35.5. The van der Waals surface area contributed by atoms with Gasteiger partial charge >= 0.3 is 6.03 Å². The average Bonchev–Trinajstić information content (AvgIpc) is 3.00. The van der Waals surface area contributed by atoms with E-state index in [4.69, 9.17) is 11.6 Å². The Kier molecular flexibility index (Phi) is 10.7. The molecule has 0 bridgehead atoms. The maximum atomic E-state index is 14.2. The van der Waals surface area contributed by atoms with Crippen LogP contribution in [0.2, 0.25) is 5.02 Å². The largest absolute Gasteiger partial charge is 0.508 e. The molecule has 4 amide bonds. The number of benzene rings is 3. The van der Waals surface area contributed by atoms with Gasteiger partial charge < -0.3 is 25.1 Å². The third-order valence-corrected chi connectivity index (χ3v) is 8.22. The number of nitrogens with zero attached hydrogens (tertiary/aromatic N) is 5. The highest BCUT2D eigenvalue weighted by Gasteiger charge is 2.51. The fraction of sp³-hybridized carbons (Fsp3) is 0.324. The third-order valence-electron chi connectivity index (χ3n) is 7.90. The predicted molar refractivity (Wildman–Crippen MR) is 176 cm³/mol. The molecule has 2 aliphatic rings. The minimum atomic E-state index is -0.860. The molecule has 5 rings (SSSR count). The summed E-state index contributed by atoms with van der Waals surface area (Å²) in [7, 11) is 3.80. The van der Waals surface area contributed by atoms with Gasteiger partial charge in [0.2, 0.25) is 11.8 Å². The summed E-state index contributed by atoms with van der Waals surface area (Å²) < 4.78 is 0. The molecule has 45 heavy (non-hydrogen) atoms. The summed E-state index contributed by atoms with van der Waals surface area (Å²) in [4.78, 5) is 47.0. The predicted octanol–water partition coefficient (Wildman–Crippen LogP) is 4.48. The number of carbonyl (C=O) groups is 3. The smallest absolute Gasteiger partial charge is 0.334 e. The molecule has 0 aliphatic carbocycles. The second-order valence-electron chi connectivity index (χ2n) is 11.2. The number of anilines is 1. The van der Waals surface area contributed by atoms with Crippen molar-refractivity contribution in [1.29, 1.82) is 0 Å². The number of phenolic OH excluding ortho intramolecular Hbond substituents is 1. The summed E-state index contributed by atoms with van der Waals surface area (Å²) in [6.45, 7) is 4.71. The van der Waals surface area contributed by atoms with Crippen molar-refractivity contribution < 1.29 is 19.5 Å². The number of carbonyl (C=O) groups excluding carboxylic acids is 3. The van der Waals surface area contributed by atoms with E-state index in [1.807, 2.05) is 61.5 Å². The van der Waals surface area contributed by atoms with Gasteiger partial charge in [0.15, 0.2) is 0 Å². The van der Waals surface area contributed by atoms with Gasteiger partial charge in [-0.15, -0.1) is 6.58 Å². The average molecular weight is 633 g/mol. The van der Waals surface area contributed by atoms with Crippen molar-refractivity contribution in [2.45, 2.75) is 39.1 Å². The van der Waals surface area contributed by atoms with E-state index in [-0.39, 0.29) is 63.6 Å². The monoisotopic (exact) mass is 632 g/mol. The Hall–Kier alpha value is -4.54. The second kappa shape index (κ2) is 14.5. The number of urea groups is 1. The van der Waals surface area contributed by atoms with Crippen LogP contribution in [0.3, 0.4) is 0 Å². The number of rotatable bonds is 9. The number of piperazine rings is 1. The van der Waals surface area contributed by atoms with Crippen molar-refractivity contribution in [2.75, 3.05) is 38.6 Å². The van der Waals surface area contributed by atoms with Crippen LogP contribution in [0.5, 0.6) is 5.75 Å². The van der Waals surface area contributed by atoms with Gasteiger partial charge in [-0.3, -0.25) is 9.59 Å². The minimum absolute atomic E-state index is 0. The first-order valence-corrected chi connectivity index (χ1v) is 14.8. The number of halogens is 1. The zero-order chi connectivity index (χ0) is 31.4. The SMILES string of the molecule is C.C=CCN1CC(=O)N2[C@@H](Cc3ccc(O)cc3)C(=O)N(Cc3ccc(Cl)c(N(C)C)c3)C[C@@H]2N1C(=O)NCc1ccccc1. The van der Waals surface area contributed by atoms with Crippen LogP contribution in [0.1, 0.15) is 24.1 Å². The van der Waals surface area contributed by atoms with Crippen LogP contribution in [0, 0.1) is 0 Å². The van der Waals surface area contributed by atoms with Gasteiger partial charge in [-0.1, -0.05) is 73.6 Å². The van der Waals surface area contributed by atoms with Crippen LogP contribution in [-0.2, 0) is 29.1 Å². The molecule has 0 radical (unpaired) electrons. The summed E-state index contributed by atoms with van der Waals surface area (Å²) in [5, 5.41) is 16.7. The van der Waals surface area contributed by atoms with Gasteiger partial charge in [-0.05, 0) is 41.0 Å². The fourth-order valence-corrected chi connectivity index (χ4v) is 6.06. The summed E-state index contributed by atoms with van der Waals surface area (Å²) in [6, 6.07) is 20.6. The van der Waals surface area contributed by atoms with Crippen LogP contribution in [0.25, 0.3) is 0 Å². The van der Waals surface area contributed by atoms with E-state index < -0.39 is 12.2 Å². The number of fused-ring (bicyclic) bond motifs is 1. The molecule has 238 valence electrons. The van der Waals surface area contributed by atoms with Crippen LogP contribution < -0.4 is 10.2 Å². The fourth-order valence-electron chi connectivity index (χ4n) is 5.77. The van der Waals surface area contributed by atoms with E-state index in [0.29, 0.717) is 11.6 Å². The van der Waals surface area contributed by atoms with Gasteiger partial charge in [0.05, 0.1) is 23.8 Å². The molecule has 0 aromatic heterocycles. The van der Waals surface area contributed by atoms with Crippen LogP contribution in [0.4, 0.5) is 10.5 Å². The van der Waals surface area contributed by atoms with Gasteiger partial charge in [-0.2, -0.15) is 0 Å². The second-order valence-corrected chi connectivity index (χ2v) is 11.6. The van der Waals surface area contributed by atoms with Crippen LogP contribution in [-0.4, -0.2) is 88.7 Å². The lowest BCUT2D eigenvalue weighted by molar-refractivity contribution is -0.189. The van der Waals surface area contributed by atoms with Crippen molar-refractivity contribution >= 4 is 35.1 Å². The molecule has 3 aromatic rings. The van der Waals surface area contributed by atoms with E-state index in [2.05, 4.69) is 11.9 Å². The van der Waals surface area contributed by atoms with Gasteiger partial charge in [0.1, 0.15) is 18.0 Å². The Morgan fingerprint density at radius 2 is 1.73 bits per heavy atom. The van der Waals surface area contributed by atoms with Crippen molar-refractivity contribution in [3.05, 3.63) is 107 Å². The summed E-state index contributed by atoms with van der Waals surface area (Å²) >= 11 is 6.42. The molecule has 0 unspecified atom stereocenters. The quantitative estimate of drug-likeness (QED) is 0.338. The molecule has 2 aliphatic heterocycles. The lowest BCUT2D eigenvalue weighted by Crippen LogP contribution is -2.76. The summed E-state index contributed by atoms with van der Waals surface area (Å²) in [5.41, 5.74) is 3.41. The van der Waals surface area contributed by atoms with Gasteiger partial charge in [0, 0.05) is 40.2 Å². The van der Waals surface area contributed by atoms with Crippen LogP contribution >= 0.6 is 11.6 Å². The Balaban J connectivity index is 0.00000461. The first kappa shape index (κ1) is 33.4. The highest BCUT2D eigenvalue weighted by Crippen LogP contribution is 2.31. The standard InChI is InChI=1S/C33H37ClN6O4.CH4/c1-4-16-38-22-31(42)39-29(17-23-10-13-26(41)14-11-23)32(43)37(20-25-12-15-27(34)28(18-25)36(2)3)21-30(39)40(38)33(44)35-19-24-8-6-5-7-9-24;/h4-15,18,29-30,41H,1,16-17,19-22H2,2-3H3,(H,35,44);1H4/t29-,30-;/m0./s1. The van der Waals surface area contributed by atoms with E-state index in [9.17, 15) is 19.5 Å². The first-order chi connectivity index (χ1) is 21.2. The molecule has 2 atom stereocenters. The zero-order valence-corrected chi connectivity index (χ0v) is 25.7. The van der Waals surface area contributed by atoms with E-state index in [1.54, 1.807) is 56.2 Å². The molecule has 10 nitrogen and oxygen atoms in total. The number of amides is 4. The maximum absolute atomic E-state index is 14.2. The van der Waals surface area contributed by atoms with E-state index >= 15 is 0 Å². The topological polar surface area (TPSA) is 99.7 Å². The van der Waals surface area contributed by atoms with Crippen molar-refractivity contribution in [1.82, 2.24) is 25.1 Å². The van der Waals surface area contributed by atoms with Crippen molar-refractivity contribution in [2.24, 2.45) is 0 Å². The molecular formula is C34H41ClN6O4. The number of hydrazine groups is 1. The maximum Gasteiger partial charge on any atom is 0.334 e. The lowest BCUT2D eigenvalue weighted by atomic mass is 9.98. The molecule has 2 heterocycles. The normalized spacial score (nSPS) is 18.2. The Morgan fingerprint density at radius 3 is 2.40 bits per heavy atom. The van der Waals surface area contributed by atoms with E-state index in [0.717, 1.165) is 22.4 Å². The molecule has 3 aromatic carbocycles. The molecule has 0 saturated carbocycles. The Bertz CT molecular complexity index is 1520. The summed E-state index contributed by atoms with van der Waals surface area (Å²) in [6.07, 6.45) is 1.12. The molecule has 0 spiro atoms. The van der Waals surface area contributed by atoms with Crippen LogP contribution in [0.15, 0.2) is 85.5 Å². The first-order valence-electron chi connectivity index (χ1n) is 14.5. The molecule has 11 heteroatoms. The number of phenols is 1. The van der Waals surface area contributed by atoms with Crippen molar-refractivity contribution in [3.63, 3.8) is 0 Å². The van der Waals surface area contributed by atoms with Gasteiger partial charge in [-0.25, -0.2) is 14.8 Å². The number of aromatic hydroxyl groups is 1. The van der Waals surface area contributed by atoms with Crippen molar-refractivity contribution in [3.8, 4) is 5.75 Å². The van der Waals surface area contributed by atoms with E-state index in [1.165, 1.54) is 0 Å². The number of hydrogen-bond acceptors (Lipinski definition) is 6. The summed E-state index contributed by atoms with van der Waals surface area (Å²) in [5.74, 6) is -0.356. The minimum Gasteiger partial charge on any atom is -0.508 e. The number of hydrogen-bond donors (Lipinski definition) is 2. The molecule has 2 fully saturated rings. The number of nitrogens with one attached hydrogen (secondary N) is 1. The molecule has 2 N–H and O–H groups in total.